The molecule has 0 spiro atoms. The van der Waals surface area contributed by atoms with Gasteiger partial charge in [-0.05, 0) is 0 Å². The molecule has 1 unspecified atom stereocenters. The highest BCUT2D eigenvalue weighted by atomic mass is 16.7. The monoisotopic (exact) mass is 133 g/mol. The Morgan fingerprint density at radius 2 is 2.67 bits per heavy atom. The van der Waals surface area contributed by atoms with Crippen LogP contribution in [-0.4, -0.2) is 30.5 Å². The second-order valence-corrected chi connectivity index (χ2v) is 1.67. The zero-order valence-electron chi connectivity index (χ0n) is 4.66. The van der Waals surface area contributed by atoms with Crippen LogP contribution in [0.4, 0.5) is 4.79 Å². The maximum Gasteiger partial charge on any atom is 0.428 e. The molecule has 5 nitrogen and oxygen atoms in total. The van der Waals surface area contributed by atoms with Crippen molar-refractivity contribution in [3.63, 3.8) is 0 Å². The van der Waals surface area contributed by atoms with Gasteiger partial charge in [0.1, 0.15) is 12.7 Å². The molecule has 0 saturated carbocycles. The molecule has 0 bridgehead atoms. The first kappa shape index (κ1) is 6.31. The molecule has 1 heterocycles. The highest BCUT2D eigenvalue weighted by molar-refractivity contribution is 5.62. The third kappa shape index (κ3) is 2.89. The van der Waals surface area contributed by atoms with Crippen LogP contribution in [0.1, 0.15) is 0 Å². The van der Waals surface area contributed by atoms with E-state index in [9.17, 15) is 4.79 Å². The van der Waals surface area contributed by atoms with Crippen molar-refractivity contribution in [2.45, 2.75) is 6.10 Å². The molecule has 0 aromatic carbocycles. The average Bonchev–Trinajstić information content (AvgIpc) is 2.48. The second kappa shape index (κ2) is 2.65. The van der Waals surface area contributed by atoms with E-state index in [4.69, 9.17) is 9.84 Å². The molecule has 0 aromatic rings. The summed E-state index contributed by atoms with van der Waals surface area (Å²) in [5.74, 6) is 0. The number of carbonyl (C=O) groups is 1. The molecule has 0 aromatic heterocycles. The van der Waals surface area contributed by atoms with E-state index in [1.165, 1.54) is 0 Å². The summed E-state index contributed by atoms with van der Waals surface area (Å²) in [6, 6.07) is 0. The van der Waals surface area contributed by atoms with Gasteiger partial charge in [0.2, 0.25) is 0 Å². The smallest absolute Gasteiger partial charge is 0.428 e. The van der Waals surface area contributed by atoms with Crippen LogP contribution in [-0.2, 0) is 9.57 Å². The van der Waals surface area contributed by atoms with Gasteiger partial charge in [-0.2, -0.15) is 5.48 Å². The van der Waals surface area contributed by atoms with Crippen LogP contribution < -0.4 is 5.48 Å². The lowest BCUT2D eigenvalue weighted by atomic mass is 10.5. The van der Waals surface area contributed by atoms with Crippen molar-refractivity contribution >= 4 is 6.09 Å². The Morgan fingerprint density at radius 3 is 3.11 bits per heavy atom. The van der Waals surface area contributed by atoms with Gasteiger partial charge in [0.15, 0.2) is 0 Å². The van der Waals surface area contributed by atoms with Gasteiger partial charge >= 0.3 is 6.09 Å². The van der Waals surface area contributed by atoms with Gasteiger partial charge in [-0.1, -0.05) is 0 Å². The standard InChI is InChI=1S/C4H7NO4/c6-4(7)5-9-2-3-1-8-3/h3,5H,1-2H2,(H,6,7). The lowest BCUT2D eigenvalue weighted by molar-refractivity contribution is 0.0338. The largest absolute Gasteiger partial charge is 0.464 e. The summed E-state index contributed by atoms with van der Waals surface area (Å²) in [5.41, 5.74) is 1.75. The van der Waals surface area contributed by atoms with E-state index in [2.05, 4.69) is 4.84 Å². The molecule has 1 aliphatic heterocycles. The van der Waals surface area contributed by atoms with E-state index in [1.54, 1.807) is 5.48 Å². The number of ether oxygens (including phenoxy) is 1. The highest BCUT2D eigenvalue weighted by Gasteiger charge is 2.22. The van der Waals surface area contributed by atoms with Crippen LogP contribution in [0.3, 0.4) is 0 Å². The maximum atomic E-state index is 9.72. The van der Waals surface area contributed by atoms with Crippen molar-refractivity contribution in [2.75, 3.05) is 13.2 Å². The summed E-state index contributed by atoms with van der Waals surface area (Å²) in [7, 11) is 0. The number of nitrogens with one attached hydrogen (secondary N) is 1. The van der Waals surface area contributed by atoms with Crippen molar-refractivity contribution < 1.29 is 19.5 Å². The molecule has 9 heavy (non-hydrogen) atoms. The fourth-order valence-electron chi connectivity index (χ4n) is 0.361. The highest BCUT2D eigenvalue weighted by Crippen LogP contribution is 2.07. The number of amides is 1. The Hall–Kier alpha value is -0.810. The number of hydrogen-bond acceptors (Lipinski definition) is 3. The lowest BCUT2D eigenvalue weighted by Gasteiger charge is -1.96. The van der Waals surface area contributed by atoms with Gasteiger partial charge in [0.25, 0.3) is 0 Å². The predicted molar refractivity (Wildman–Crippen MR) is 26.9 cm³/mol. The summed E-state index contributed by atoms with van der Waals surface area (Å²) in [6.07, 6.45) is -1.09. The molecule has 0 aliphatic carbocycles. The fourth-order valence-corrected chi connectivity index (χ4v) is 0.361. The molecule has 5 heteroatoms. The number of rotatable bonds is 3. The molecule has 2 N–H and O–H groups in total. The van der Waals surface area contributed by atoms with Crippen LogP contribution in [0, 0.1) is 0 Å². The molecule has 0 radical (unpaired) electrons. The summed E-state index contributed by atoms with van der Waals surface area (Å²) in [6.45, 7) is 0.966. The van der Waals surface area contributed by atoms with Crippen LogP contribution in [0.15, 0.2) is 0 Å². The van der Waals surface area contributed by atoms with Crippen molar-refractivity contribution in [3.8, 4) is 0 Å². The summed E-state index contributed by atoms with van der Waals surface area (Å²) >= 11 is 0. The maximum absolute atomic E-state index is 9.72. The van der Waals surface area contributed by atoms with Crippen molar-refractivity contribution in [1.82, 2.24) is 5.48 Å². The van der Waals surface area contributed by atoms with Crippen molar-refractivity contribution in [1.29, 1.82) is 0 Å². The van der Waals surface area contributed by atoms with E-state index in [1.807, 2.05) is 0 Å². The Morgan fingerprint density at radius 1 is 2.00 bits per heavy atom. The SMILES string of the molecule is O=C(O)NOCC1CO1. The number of epoxide rings is 1. The van der Waals surface area contributed by atoms with E-state index in [0.29, 0.717) is 13.2 Å². The Labute approximate surface area is 51.5 Å². The minimum Gasteiger partial charge on any atom is -0.464 e. The van der Waals surface area contributed by atoms with Crippen LogP contribution in [0.25, 0.3) is 0 Å². The summed E-state index contributed by atoms with van der Waals surface area (Å²) in [5, 5.41) is 7.97. The van der Waals surface area contributed by atoms with Crippen LogP contribution in [0.5, 0.6) is 0 Å². The van der Waals surface area contributed by atoms with Gasteiger partial charge in [-0.15, -0.1) is 0 Å². The van der Waals surface area contributed by atoms with Gasteiger partial charge in [-0.3, -0.25) is 4.84 Å². The van der Waals surface area contributed by atoms with E-state index in [0.717, 1.165) is 0 Å². The normalized spacial score (nSPS) is 23.3. The van der Waals surface area contributed by atoms with Gasteiger partial charge in [0, 0.05) is 0 Å². The zero-order valence-corrected chi connectivity index (χ0v) is 4.66. The first-order valence-electron chi connectivity index (χ1n) is 2.51. The number of hydrogen-bond donors (Lipinski definition) is 2. The minimum atomic E-state index is -1.18. The molecule has 1 saturated heterocycles. The lowest BCUT2D eigenvalue weighted by Crippen LogP contribution is -2.23. The summed E-state index contributed by atoms with van der Waals surface area (Å²) < 4.78 is 4.73. The summed E-state index contributed by atoms with van der Waals surface area (Å²) in [4.78, 5) is 14.2. The second-order valence-electron chi connectivity index (χ2n) is 1.67. The third-order valence-electron chi connectivity index (χ3n) is 0.831. The minimum absolute atomic E-state index is 0.0943. The van der Waals surface area contributed by atoms with Gasteiger partial charge < -0.3 is 9.84 Å². The van der Waals surface area contributed by atoms with E-state index >= 15 is 0 Å². The molecule has 1 amide bonds. The van der Waals surface area contributed by atoms with Crippen molar-refractivity contribution in [2.24, 2.45) is 0 Å². The molecule has 1 aliphatic rings. The molecule has 52 valence electrons. The number of carboxylic acid groups (broad SMARTS) is 1. The fraction of sp³-hybridized carbons (Fsp3) is 0.750. The average molecular weight is 133 g/mol. The van der Waals surface area contributed by atoms with Gasteiger partial charge in [0.05, 0.1) is 6.61 Å². The van der Waals surface area contributed by atoms with Crippen LogP contribution >= 0.6 is 0 Å². The quantitative estimate of drug-likeness (QED) is 0.405. The third-order valence-corrected chi connectivity index (χ3v) is 0.831. The van der Waals surface area contributed by atoms with Gasteiger partial charge in [-0.25, -0.2) is 4.79 Å². The predicted octanol–water partition coefficient (Wildman–Crippen LogP) is -0.416. The Kier molecular flexibility index (Phi) is 1.86. The zero-order chi connectivity index (χ0) is 6.69. The van der Waals surface area contributed by atoms with E-state index < -0.39 is 6.09 Å². The Balaban J connectivity index is 1.86. The number of hydroxylamine groups is 1. The molecular formula is C4H7NO4. The molecule has 1 atom stereocenters. The molecule has 1 rings (SSSR count). The van der Waals surface area contributed by atoms with E-state index in [-0.39, 0.29) is 6.10 Å². The topological polar surface area (TPSA) is 71.1 Å². The van der Waals surface area contributed by atoms with Crippen molar-refractivity contribution in [3.05, 3.63) is 0 Å². The first-order valence-corrected chi connectivity index (χ1v) is 2.51. The molecular weight excluding hydrogens is 126 g/mol. The van der Waals surface area contributed by atoms with Crippen LogP contribution in [0.2, 0.25) is 0 Å². The first-order chi connectivity index (χ1) is 4.29. The molecule has 1 fully saturated rings. The Bertz CT molecular complexity index is 111.